The van der Waals surface area contributed by atoms with Crippen LogP contribution in [0.2, 0.25) is 0 Å². The summed E-state index contributed by atoms with van der Waals surface area (Å²) >= 11 is 0. The van der Waals surface area contributed by atoms with Gasteiger partial charge in [-0.15, -0.1) is 0 Å². The molecule has 1 saturated carbocycles. The molecule has 1 aliphatic heterocycles. The van der Waals surface area contributed by atoms with E-state index in [4.69, 9.17) is 10.5 Å². The second-order valence-corrected chi connectivity index (χ2v) is 5.08. The fourth-order valence-electron chi connectivity index (χ4n) is 3.08. The number of nitrogens with two attached hydrogens (primary N) is 1. The number of nitrogens with zero attached hydrogens (tertiary/aromatic N) is 1. The van der Waals surface area contributed by atoms with Crippen LogP contribution in [0.25, 0.3) is 0 Å². The number of rotatable bonds is 1. The summed E-state index contributed by atoms with van der Waals surface area (Å²) in [7, 11) is 3.53. The monoisotopic (exact) mass is 212 g/mol. The van der Waals surface area contributed by atoms with Crippen LogP contribution in [0.1, 0.15) is 25.7 Å². The lowest BCUT2D eigenvalue weighted by Gasteiger charge is -2.57. The smallest absolute Gasteiger partial charge is 0.326 e. The SMILES string of the molecule is COC(=O)C1(N)CCN(C)CC12CCC2. The second-order valence-electron chi connectivity index (χ2n) is 5.08. The lowest BCUT2D eigenvalue weighted by molar-refractivity contribution is -0.162. The molecule has 1 spiro atoms. The highest BCUT2D eigenvalue weighted by molar-refractivity contribution is 5.82. The molecular formula is C11H20N2O2. The molecule has 1 atom stereocenters. The molecule has 1 aliphatic carbocycles. The maximum Gasteiger partial charge on any atom is 0.326 e. The fraction of sp³-hybridized carbons (Fsp3) is 0.909. The Morgan fingerprint density at radius 1 is 1.40 bits per heavy atom. The van der Waals surface area contributed by atoms with Crippen molar-refractivity contribution in [3.05, 3.63) is 0 Å². The molecule has 0 bridgehead atoms. The first kappa shape index (κ1) is 10.9. The summed E-state index contributed by atoms with van der Waals surface area (Å²) < 4.78 is 4.88. The van der Waals surface area contributed by atoms with Gasteiger partial charge in [-0.3, -0.25) is 4.79 Å². The minimum atomic E-state index is -0.744. The highest BCUT2D eigenvalue weighted by Gasteiger charge is 2.59. The third-order valence-corrected chi connectivity index (χ3v) is 4.27. The van der Waals surface area contributed by atoms with Gasteiger partial charge in [0.2, 0.25) is 0 Å². The van der Waals surface area contributed by atoms with Crippen molar-refractivity contribution < 1.29 is 9.53 Å². The van der Waals surface area contributed by atoms with E-state index < -0.39 is 5.54 Å². The van der Waals surface area contributed by atoms with Crippen molar-refractivity contribution in [3.8, 4) is 0 Å². The quantitative estimate of drug-likeness (QED) is 0.638. The van der Waals surface area contributed by atoms with E-state index in [2.05, 4.69) is 11.9 Å². The van der Waals surface area contributed by atoms with Crippen molar-refractivity contribution >= 4 is 5.97 Å². The Kier molecular flexibility index (Phi) is 2.51. The lowest BCUT2D eigenvalue weighted by atomic mass is 9.54. The van der Waals surface area contributed by atoms with Gasteiger partial charge < -0.3 is 15.4 Å². The van der Waals surface area contributed by atoms with Crippen LogP contribution in [0.15, 0.2) is 0 Å². The van der Waals surface area contributed by atoms with Gasteiger partial charge in [-0.1, -0.05) is 6.42 Å². The van der Waals surface area contributed by atoms with Crippen molar-refractivity contribution in [2.45, 2.75) is 31.2 Å². The molecule has 86 valence electrons. The standard InChI is InChI=1S/C11H20N2O2/c1-13-7-6-11(12,9(14)15-2)10(8-13)4-3-5-10/h3-8,12H2,1-2H3. The van der Waals surface area contributed by atoms with E-state index in [0.717, 1.165) is 32.4 Å². The summed E-state index contributed by atoms with van der Waals surface area (Å²) in [6, 6.07) is 0. The number of carbonyl (C=O) groups is 1. The van der Waals surface area contributed by atoms with Crippen molar-refractivity contribution in [1.82, 2.24) is 4.90 Å². The Labute approximate surface area is 90.8 Å². The van der Waals surface area contributed by atoms with Gasteiger partial charge in [0.25, 0.3) is 0 Å². The van der Waals surface area contributed by atoms with Gasteiger partial charge in [0, 0.05) is 18.5 Å². The molecule has 2 N–H and O–H groups in total. The molecule has 4 heteroatoms. The van der Waals surface area contributed by atoms with E-state index in [0.29, 0.717) is 0 Å². The molecule has 4 nitrogen and oxygen atoms in total. The average Bonchev–Trinajstić information content (AvgIpc) is 2.18. The number of esters is 1. The molecule has 0 aromatic heterocycles. The molecule has 1 heterocycles. The van der Waals surface area contributed by atoms with Crippen molar-refractivity contribution in [1.29, 1.82) is 0 Å². The van der Waals surface area contributed by atoms with E-state index in [-0.39, 0.29) is 11.4 Å². The van der Waals surface area contributed by atoms with E-state index in [1.54, 1.807) is 0 Å². The van der Waals surface area contributed by atoms with Crippen LogP contribution in [-0.2, 0) is 9.53 Å². The second kappa shape index (κ2) is 3.46. The summed E-state index contributed by atoms with van der Waals surface area (Å²) in [5.74, 6) is -0.227. The summed E-state index contributed by atoms with van der Waals surface area (Å²) in [4.78, 5) is 14.1. The molecule has 1 saturated heterocycles. The largest absolute Gasteiger partial charge is 0.468 e. The Morgan fingerprint density at radius 3 is 2.53 bits per heavy atom. The number of ether oxygens (including phenoxy) is 1. The maximum atomic E-state index is 11.8. The molecule has 2 aliphatic rings. The zero-order valence-corrected chi connectivity index (χ0v) is 9.58. The number of carbonyl (C=O) groups excluding carboxylic acids is 1. The van der Waals surface area contributed by atoms with Gasteiger partial charge in [-0.25, -0.2) is 0 Å². The molecule has 0 aromatic carbocycles. The van der Waals surface area contributed by atoms with Crippen molar-refractivity contribution in [2.24, 2.45) is 11.1 Å². The van der Waals surface area contributed by atoms with Crippen LogP contribution >= 0.6 is 0 Å². The average molecular weight is 212 g/mol. The molecule has 0 radical (unpaired) electrons. The Bertz CT molecular complexity index is 276. The molecule has 2 rings (SSSR count). The van der Waals surface area contributed by atoms with E-state index >= 15 is 0 Å². The predicted octanol–water partition coefficient (Wildman–Crippen LogP) is 0.363. The molecule has 0 amide bonds. The number of methoxy groups -OCH3 is 1. The number of likely N-dealkylation sites (tertiary alicyclic amines) is 1. The Balaban J connectivity index is 2.25. The van der Waals surface area contributed by atoms with Gasteiger partial charge in [0.05, 0.1) is 7.11 Å². The third kappa shape index (κ3) is 1.39. The zero-order valence-electron chi connectivity index (χ0n) is 9.58. The number of piperidine rings is 1. The van der Waals surface area contributed by atoms with Gasteiger partial charge in [-0.2, -0.15) is 0 Å². The highest BCUT2D eigenvalue weighted by atomic mass is 16.5. The summed E-state index contributed by atoms with van der Waals surface area (Å²) in [6.45, 7) is 1.81. The Morgan fingerprint density at radius 2 is 2.07 bits per heavy atom. The molecular weight excluding hydrogens is 192 g/mol. The molecule has 0 aromatic rings. The number of hydrogen-bond acceptors (Lipinski definition) is 4. The third-order valence-electron chi connectivity index (χ3n) is 4.27. The van der Waals surface area contributed by atoms with Gasteiger partial charge in [0.1, 0.15) is 5.54 Å². The first-order chi connectivity index (χ1) is 7.04. The summed E-state index contributed by atoms with van der Waals surface area (Å²) in [5, 5.41) is 0. The maximum absolute atomic E-state index is 11.8. The summed E-state index contributed by atoms with van der Waals surface area (Å²) in [6.07, 6.45) is 4.02. The zero-order chi connectivity index (χ0) is 11.1. The van der Waals surface area contributed by atoms with Crippen LogP contribution in [0.5, 0.6) is 0 Å². The topological polar surface area (TPSA) is 55.6 Å². The van der Waals surface area contributed by atoms with E-state index in [1.165, 1.54) is 13.5 Å². The predicted molar refractivity (Wildman–Crippen MR) is 57.3 cm³/mol. The van der Waals surface area contributed by atoms with E-state index in [9.17, 15) is 4.79 Å². The van der Waals surface area contributed by atoms with Gasteiger partial charge >= 0.3 is 5.97 Å². The van der Waals surface area contributed by atoms with Crippen LogP contribution in [0, 0.1) is 5.41 Å². The molecule has 15 heavy (non-hydrogen) atoms. The van der Waals surface area contributed by atoms with Gasteiger partial charge in [-0.05, 0) is 26.3 Å². The Hall–Kier alpha value is -0.610. The minimum absolute atomic E-state index is 0.0207. The minimum Gasteiger partial charge on any atom is -0.468 e. The van der Waals surface area contributed by atoms with Crippen LogP contribution in [-0.4, -0.2) is 43.7 Å². The molecule has 1 unspecified atom stereocenters. The van der Waals surface area contributed by atoms with Crippen molar-refractivity contribution in [2.75, 3.05) is 27.2 Å². The fourth-order valence-corrected chi connectivity index (χ4v) is 3.08. The normalized spacial score (nSPS) is 34.9. The van der Waals surface area contributed by atoms with E-state index in [1.807, 2.05) is 0 Å². The summed E-state index contributed by atoms with van der Waals surface area (Å²) in [5.41, 5.74) is 5.55. The first-order valence-electron chi connectivity index (χ1n) is 5.60. The van der Waals surface area contributed by atoms with Crippen LogP contribution in [0.4, 0.5) is 0 Å². The van der Waals surface area contributed by atoms with Gasteiger partial charge in [0.15, 0.2) is 0 Å². The van der Waals surface area contributed by atoms with Crippen molar-refractivity contribution in [3.63, 3.8) is 0 Å². The first-order valence-corrected chi connectivity index (χ1v) is 5.60. The van der Waals surface area contributed by atoms with Crippen LogP contribution < -0.4 is 5.73 Å². The van der Waals surface area contributed by atoms with Crippen LogP contribution in [0.3, 0.4) is 0 Å². The lowest BCUT2D eigenvalue weighted by Crippen LogP contribution is -2.70. The molecule has 2 fully saturated rings. The highest BCUT2D eigenvalue weighted by Crippen LogP contribution is 2.52. The number of hydrogen-bond donors (Lipinski definition) is 1.